The molecule has 0 bridgehead atoms. The summed E-state index contributed by atoms with van der Waals surface area (Å²) in [4.78, 5) is 144. The molecule has 486 valence electrons. The van der Waals surface area contributed by atoms with Crippen molar-refractivity contribution in [2.24, 2.45) is 17.6 Å². The van der Waals surface area contributed by atoms with Crippen LogP contribution in [-0.2, 0) is 40.0 Å². The second-order valence-electron chi connectivity index (χ2n) is 22.6. The average molecular weight is 1280 g/mol. The topological polar surface area (TPSA) is 344 Å². The van der Waals surface area contributed by atoms with Crippen molar-refractivity contribution in [2.75, 3.05) is 94.2 Å². The molecule has 2 aliphatic heterocycles. The molecular weight excluding hydrogens is 1210 g/mol. The van der Waals surface area contributed by atoms with E-state index in [1.807, 2.05) is 44.2 Å². The van der Waals surface area contributed by atoms with Crippen LogP contribution in [0.3, 0.4) is 0 Å². The summed E-state index contributed by atoms with van der Waals surface area (Å²) < 4.78 is 22.6. The van der Waals surface area contributed by atoms with Gasteiger partial charge in [0.25, 0.3) is 23.6 Å². The number of ketones is 1. The number of urea groups is 1. The number of imide groups is 1. The lowest BCUT2D eigenvalue weighted by atomic mass is 9.89. The second-order valence-corrected chi connectivity index (χ2v) is 22.9. The first-order valence-corrected chi connectivity index (χ1v) is 30.4. The highest BCUT2D eigenvalue weighted by molar-refractivity contribution is 6.19. The van der Waals surface area contributed by atoms with Crippen molar-refractivity contribution >= 4 is 110 Å². The zero-order valence-corrected chi connectivity index (χ0v) is 52.3. The number of anilines is 3. The Labute approximate surface area is 535 Å². The van der Waals surface area contributed by atoms with Gasteiger partial charge in [0.05, 0.1) is 50.0 Å². The Morgan fingerprint density at radius 3 is 2.29 bits per heavy atom. The quantitative estimate of drug-likeness (QED) is 0.0138. The number of nitrogens with zero attached hydrogens (tertiary/aromatic N) is 5. The molecule has 4 heterocycles. The van der Waals surface area contributed by atoms with Gasteiger partial charge >= 0.3 is 24.3 Å². The fraction of sp³-hybridized carbons (Fsp3) is 0.369. The fourth-order valence-corrected chi connectivity index (χ4v) is 10.9. The van der Waals surface area contributed by atoms with Crippen LogP contribution in [-0.4, -0.2) is 174 Å². The highest BCUT2D eigenvalue weighted by Gasteiger charge is 2.37. The van der Waals surface area contributed by atoms with Crippen molar-refractivity contribution in [1.82, 2.24) is 35.3 Å². The number of alkyl halides is 1. The Bertz CT molecular complexity index is 3750. The summed E-state index contributed by atoms with van der Waals surface area (Å²) in [5, 5.41) is 22.0. The number of aryl methyl sites for hydroxylation is 2. The van der Waals surface area contributed by atoms with Gasteiger partial charge in [-0.05, 0) is 91.1 Å². The number of aromatic amines is 1. The van der Waals surface area contributed by atoms with Crippen LogP contribution in [0.4, 0.5) is 36.2 Å². The maximum atomic E-state index is 14.6. The molecule has 2 aromatic heterocycles. The van der Waals surface area contributed by atoms with E-state index in [0.717, 1.165) is 39.1 Å². The predicted octanol–water partition coefficient (Wildman–Crippen LogP) is 7.28. The molecule has 3 atom stereocenters. The van der Waals surface area contributed by atoms with Crippen LogP contribution < -0.4 is 36.6 Å². The molecule has 0 spiro atoms. The number of halogens is 1. The number of alkyl carbamates (subject to hydrolysis) is 1. The number of nitrogens with one attached hydrogen (secondary N) is 5. The highest BCUT2D eigenvalue weighted by atomic mass is 35.5. The maximum Gasteiger partial charge on any atom is 0.415 e. The fourth-order valence-electron chi connectivity index (χ4n) is 10.6. The number of amides is 10. The van der Waals surface area contributed by atoms with Crippen molar-refractivity contribution in [2.45, 2.75) is 65.5 Å². The number of Topliss-reactive ketones (excluding diaryl/α,β-unsaturated/α-hetero) is 1. The van der Waals surface area contributed by atoms with Gasteiger partial charge in [0.2, 0.25) is 5.91 Å². The van der Waals surface area contributed by atoms with Crippen LogP contribution in [0.15, 0.2) is 103 Å². The monoisotopic (exact) mass is 1280 g/mol. The molecule has 8 rings (SSSR count). The lowest BCUT2D eigenvalue weighted by Gasteiger charge is -2.26. The SMILES string of the molecule is Cc1ccc(C(=O)Nc2cnc3[nH]c(C(=O)N4C[C@@H](CCl)c5c4cc(OC(=O)N(CCOCCO)CCN(C)C(=O)OCc4ccc(NC(=O)[C@H](CCCNC(N)=O)CC(=O)[C@@H](NC(=O)OCCN6C(=O)C=CC6=O)C(C)C)cc4)c4cccc(C)c54)cc3c2)cc1. The number of aliphatic hydroxyl groups excluding tert-OH is 1. The van der Waals surface area contributed by atoms with Crippen LogP contribution in [0.25, 0.3) is 21.8 Å². The number of ether oxygens (including phenoxy) is 4. The van der Waals surface area contributed by atoms with E-state index in [2.05, 4.69) is 31.2 Å². The van der Waals surface area contributed by atoms with Gasteiger partial charge in [0, 0.05) is 104 Å². The minimum atomic E-state index is -1.07. The smallest absolute Gasteiger partial charge is 0.415 e. The second kappa shape index (κ2) is 31.7. The Kier molecular flexibility index (Phi) is 23.4. The Morgan fingerprint density at radius 1 is 0.859 bits per heavy atom. The van der Waals surface area contributed by atoms with Gasteiger partial charge in [-0.2, -0.15) is 0 Å². The van der Waals surface area contributed by atoms with E-state index in [9.17, 15) is 53.1 Å². The van der Waals surface area contributed by atoms with Crippen LogP contribution in [0.1, 0.15) is 82.1 Å². The summed E-state index contributed by atoms with van der Waals surface area (Å²) >= 11 is 6.66. The first-order chi connectivity index (χ1) is 44.1. The van der Waals surface area contributed by atoms with Gasteiger partial charge in [-0.3, -0.25) is 33.7 Å². The Morgan fingerprint density at radius 2 is 1.60 bits per heavy atom. The van der Waals surface area contributed by atoms with Gasteiger partial charge in [0.15, 0.2) is 5.78 Å². The standard InChI is InChI=1S/C65H74ClN11O15/c1-38(2)57(73-63(86)90-28-25-76-53(80)19-20-54(76)81)51(79)32-43(9-7-21-68-62(67)85)60(83)70-46-17-13-41(14-18-46)37-91-64(87)74(5)22-23-75(24-27-89-29-26-78)65(88)92-52-33-50-56(55-40(4)8-6-10-48(52)55)45(34-66)36-77(50)61(84)49-31-44-30-47(35-69-58(44)72-49)71-59(82)42-15-11-39(3)12-16-42/h6,8,10-20,30-31,33,35,38,43,45,57,78H,7,9,21-29,32,34,36-37H2,1-5H3,(H,69,72)(H,70,83)(H,71,82)(H,73,86)(H3,67,68,85)/t43-,45-,57+/m1/s1. The van der Waals surface area contributed by atoms with E-state index in [1.54, 1.807) is 73.3 Å². The molecule has 0 saturated heterocycles. The summed E-state index contributed by atoms with van der Waals surface area (Å²) in [6, 6.07) is 22.4. The first-order valence-electron chi connectivity index (χ1n) is 29.9. The molecule has 4 aromatic carbocycles. The molecule has 92 heavy (non-hydrogen) atoms. The zero-order valence-electron chi connectivity index (χ0n) is 51.6. The number of hydrogen-bond acceptors (Lipinski definition) is 16. The summed E-state index contributed by atoms with van der Waals surface area (Å²) in [7, 11) is 1.49. The van der Waals surface area contributed by atoms with Crippen LogP contribution in [0, 0.1) is 25.7 Å². The lowest BCUT2D eigenvalue weighted by Crippen LogP contribution is -2.46. The number of aliphatic hydroxyl groups is 1. The molecule has 0 fully saturated rings. The van der Waals surface area contributed by atoms with Gasteiger partial charge in [-0.1, -0.05) is 61.9 Å². The van der Waals surface area contributed by atoms with Crippen LogP contribution >= 0.6 is 11.6 Å². The van der Waals surface area contributed by atoms with Gasteiger partial charge in [-0.25, -0.2) is 24.2 Å². The summed E-state index contributed by atoms with van der Waals surface area (Å²) in [6.45, 7) is 6.62. The van der Waals surface area contributed by atoms with E-state index in [1.165, 1.54) is 23.0 Å². The number of rotatable bonds is 29. The molecule has 0 saturated carbocycles. The number of primary amides is 1. The molecule has 0 aliphatic carbocycles. The summed E-state index contributed by atoms with van der Waals surface area (Å²) in [5.74, 6) is -4.09. The molecule has 26 nitrogen and oxygen atoms in total. The van der Waals surface area contributed by atoms with Gasteiger partial charge in [-0.15, -0.1) is 11.6 Å². The minimum Gasteiger partial charge on any atom is -0.448 e. The van der Waals surface area contributed by atoms with Crippen molar-refractivity contribution < 1.29 is 72.0 Å². The molecule has 2 aliphatic rings. The van der Waals surface area contributed by atoms with Crippen molar-refractivity contribution in [3.8, 4) is 5.75 Å². The molecule has 27 heteroatoms. The highest BCUT2D eigenvalue weighted by Crippen LogP contribution is 2.47. The molecule has 8 N–H and O–H groups in total. The number of benzene rings is 4. The number of carbonyl (C=O) groups excluding carboxylic acids is 10. The minimum absolute atomic E-state index is 0.00155. The number of pyridine rings is 1. The number of aromatic nitrogens is 2. The van der Waals surface area contributed by atoms with E-state index >= 15 is 0 Å². The van der Waals surface area contributed by atoms with Crippen molar-refractivity contribution in [1.29, 1.82) is 0 Å². The molecule has 10 amide bonds. The van der Waals surface area contributed by atoms with Crippen LogP contribution in [0.5, 0.6) is 5.75 Å². The van der Waals surface area contributed by atoms with Crippen LogP contribution in [0.2, 0.25) is 0 Å². The molecule has 0 radical (unpaired) electrons. The molecule has 6 aromatic rings. The van der Waals surface area contributed by atoms with Gasteiger partial charge in [0.1, 0.15) is 30.3 Å². The lowest BCUT2D eigenvalue weighted by molar-refractivity contribution is -0.137. The zero-order chi connectivity index (χ0) is 66.2. The number of nitrogens with two attached hydrogens (primary N) is 1. The van der Waals surface area contributed by atoms with Gasteiger partial charge < -0.3 is 70.7 Å². The Hall–Kier alpha value is -9.92. The number of carbonyl (C=O) groups is 10. The number of hydrogen-bond donors (Lipinski definition) is 7. The molecule has 0 unspecified atom stereocenters. The maximum absolute atomic E-state index is 14.6. The third kappa shape index (κ3) is 17.5. The number of H-pyrrole nitrogens is 1. The van der Waals surface area contributed by atoms with E-state index < -0.39 is 71.6 Å². The Balaban J connectivity index is 0.888. The van der Waals surface area contributed by atoms with E-state index in [-0.39, 0.29) is 121 Å². The normalized spacial score (nSPS) is 14.0. The number of fused-ring (bicyclic) bond motifs is 4. The number of likely N-dealkylation sites (N-methyl/N-ethyl adjacent to an activating group) is 1. The summed E-state index contributed by atoms with van der Waals surface area (Å²) in [5.41, 5.74) is 10.9. The summed E-state index contributed by atoms with van der Waals surface area (Å²) in [6.07, 6.45) is 1.36. The first kappa shape index (κ1) is 68.0. The third-order valence-electron chi connectivity index (χ3n) is 15.5. The molecular formula is C65H74ClN11O15. The van der Waals surface area contributed by atoms with Crippen molar-refractivity contribution in [3.63, 3.8) is 0 Å². The van der Waals surface area contributed by atoms with E-state index in [0.29, 0.717) is 44.6 Å². The predicted molar refractivity (Wildman–Crippen MR) is 341 cm³/mol. The average Bonchev–Trinajstić information content (AvgIpc) is 1.52. The largest absolute Gasteiger partial charge is 0.448 e. The van der Waals surface area contributed by atoms with Crippen molar-refractivity contribution in [3.05, 3.63) is 137 Å². The third-order valence-corrected chi connectivity index (χ3v) is 15.9. The van der Waals surface area contributed by atoms with E-state index in [4.69, 9.17) is 36.3 Å².